The van der Waals surface area contributed by atoms with E-state index in [4.69, 9.17) is 10.6 Å². The van der Waals surface area contributed by atoms with Crippen molar-refractivity contribution in [1.29, 1.82) is 0 Å². The average Bonchev–Trinajstić information content (AvgIpc) is 3.23. The third-order valence-corrected chi connectivity index (χ3v) is 4.16. The van der Waals surface area contributed by atoms with Crippen molar-refractivity contribution >= 4 is 23.2 Å². The Balaban J connectivity index is 1.53. The van der Waals surface area contributed by atoms with Gasteiger partial charge < -0.3 is 20.8 Å². The van der Waals surface area contributed by atoms with Crippen LogP contribution in [0.2, 0.25) is 0 Å². The SMILES string of the molecule is NC(=O)C1=NO[C@@H](CNC(=O)[C@@H]2CCCN2c2ccccc2)C1. The summed E-state index contributed by atoms with van der Waals surface area (Å²) in [6.45, 7) is 1.19. The molecule has 1 saturated heterocycles. The predicted molar refractivity (Wildman–Crippen MR) is 85.9 cm³/mol. The number of primary amides is 1. The molecule has 23 heavy (non-hydrogen) atoms. The van der Waals surface area contributed by atoms with Gasteiger partial charge in [-0.1, -0.05) is 23.4 Å². The molecule has 0 unspecified atom stereocenters. The number of hydrogen-bond acceptors (Lipinski definition) is 5. The molecule has 0 spiro atoms. The summed E-state index contributed by atoms with van der Waals surface area (Å²) in [4.78, 5) is 30.7. The van der Waals surface area contributed by atoms with Gasteiger partial charge in [-0.05, 0) is 25.0 Å². The first-order chi connectivity index (χ1) is 11.1. The molecule has 2 atom stereocenters. The zero-order valence-electron chi connectivity index (χ0n) is 12.8. The van der Waals surface area contributed by atoms with Gasteiger partial charge in [-0.25, -0.2) is 0 Å². The molecule has 2 aliphatic rings. The first kappa shape index (κ1) is 15.3. The standard InChI is InChI=1S/C16H20N4O3/c17-15(21)13-9-12(23-19-13)10-18-16(22)14-7-4-8-20(14)11-5-2-1-3-6-11/h1-3,5-6,12,14H,4,7-10H2,(H2,17,21)(H,18,22)/t12-,14+/m1/s1. The van der Waals surface area contributed by atoms with Crippen LogP contribution in [-0.4, -0.2) is 42.8 Å². The first-order valence-corrected chi connectivity index (χ1v) is 7.77. The number of nitrogens with zero attached hydrogens (tertiary/aromatic N) is 2. The van der Waals surface area contributed by atoms with E-state index in [0.29, 0.717) is 13.0 Å². The van der Waals surface area contributed by atoms with Crippen LogP contribution >= 0.6 is 0 Å². The number of hydrogen-bond donors (Lipinski definition) is 2. The fraction of sp³-hybridized carbons (Fsp3) is 0.438. The molecule has 2 heterocycles. The molecule has 2 amide bonds. The van der Waals surface area contributed by atoms with Gasteiger partial charge >= 0.3 is 0 Å². The number of anilines is 1. The maximum absolute atomic E-state index is 12.5. The lowest BCUT2D eigenvalue weighted by Gasteiger charge is -2.26. The summed E-state index contributed by atoms with van der Waals surface area (Å²) in [5.74, 6) is -0.604. The summed E-state index contributed by atoms with van der Waals surface area (Å²) in [6, 6.07) is 9.75. The predicted octanol–water partition coefficient (Wildman–Crippen LogP) is 0.402. The second-order valence-electron chi connectivity index (χ2n) is 5.77. The maximum Gasteiger partial charge on any atom is 0.266 e. The van der Waals surface area contributed by atoms with Crippen molar-refractivity contribution in [2.24, 2.45) is 10.9 Å². The third kappa shape index (κ3) is 3.44. The minimum Gasteiger partial charge on any atom is -0.390 e. The lowest BCUT2D eigenvalue weighted by molar-refractivity contribution is -0.122. The molecule has 0 aliphatic carbocycles. The Morgan fingerprint density at radius 2 is 2.13 bits per heavy atom. The van der Waals surface area contributed by atoms with Gasteiger partial charge in [-0.3, -0.25) is 9.59 Å². The molecule has 0 aromatic heterocycles. The summed E-state index contributed by atoms with van der Waals surface area (Å²) < 4.78 is 0. The molecule has 7 heteroatoms. The fourth-order valence-electron chi connectivity index (χ4n) is 2.98. The van der Waals surface area contributed by atoms with Crippen LogP contribution < -0.4 is 16.0 Å². The van der Waals surface area contributed by atoms with Crippen molar-refractivity contribution in [3.63, 3.8) is 0 Å². The van der Waals surface area contributed by atoms with Gasteiger partial charge in [-0.2, -0.15) is 0 Å². The second kappa shape index (κ2) is 6.68. The number of para-hydroxylation sites is 1. The van der Waals surface area contributed by atoms with Crippen LogP contribution in [0.1, 0.15) is 19.3 Å². The maximum atomic E-state index is 12.5. The normalized spacial score (nSPS) is 23.3. The van der Waals surface area contributed by atoms with Gasteiger partial charge in [-0.15, -0.1) is 0 Å². The van der Waals surface area contributed by atoms with Gasteiger partial charge in [0.1, 0.15) is 11.8 Å². The lowest BCUT2D eigenvalue weighted by atomic mass is 10.1. The van der Waals surface area contributed by atoms with Crippen LogP contribution in [0.3, 0.4) is 0 Å². The van der Waals surface area contributed by atoms with Crippen molar-refractivity contribution in [3.05, 3.63) is 30.3 Å². The number of rotatable bonds is 5. The van der Waals surface area contributed by atoms with Crippen molar-refractivity contribution in [2.45, 2.75) is 31.4 Å². The number of carbonyl (C=O) groups is 2. The van der Waals surface area contributed by atoms with E-state index >= 15 is 0 Å². The monoisotopic (exact) mass is 316 g/mol. The van der Waals surface area contributed by atoms with E-state index in [9.17, 15) is 9.59 Å². The van der Waals surface area contributed by atoms with Crippen LogP contribution in [0.25, 0.3) is 0 Å². The average molecular weight is 316 g/mol. The Hall–Kier alpha value is -2.57. The lowest BCUT2D eigenvalue weighted by Crippen LogP contribution is -2.45. The Kier molecular flexibility index (Phi) is 4.45. The zero-order valence-corrected chi connectivity index (χ0v) is 12.8. The summed E-state index contributed by atoms with van der Waals surface area (Å²) in [7, 11) is 0. The Morgan fingerprint density at radius 3 is 2.83 bits per heavy atom. The molecular weight excluding hydrogens is 296 g/mol. The molecule has 0 radical (unpaired) electrons. The second-order valence-corrected chi connectivity index (χ2v) is 5.77. The van der Waals surface area contributed by atoms with Crippen LogP contribution in [-0.2, 0) is 14.4 Å². The molecular formula is C16H20N4O3. The van der Waals surface area contributed by atoms with E-state index in [2.05, 4.69) is 15.4 Å². The summed E-state index contributed by atoms with van der Waals surface area (Å²) in [5, 5.41) is 6.53. The highest BCUT2D eigenvalue weighted by molar-refractivity contribution is 6.38. The minimum absolute atomic E-state index is 0.0255. The van der Waals surface area contributed by atoms with Gasteiger partial charge in [0.2, 0.25) is 5.91 Å². The highest BCUT2D eigenvalue weighted by Crippen LogP contribution is 2.25. The molecule has 1 fully saturated rings. The molecule has 0 saturated carbocycles. The quantitative estimate of drug-likeness (QED) is 0.822. The summed E-state index contributed by atoms with van der Waals surface area (Å²) >= 11 is 0. The van der Waals surface area contributed by atoms with E-state index in [1.807, 2.05) is 30.3 Å². The molecule has 122 valence electrons. The van der Waals surface area contributed by atoms with Crippen molar-refractivity contribution in [1.82, 2.24) is 5.32 Å². The first-order valence-electron chi connectivity index (χ1n) is 7.77. The molecule has 7 nitrogen and oxygen atoms in total. The number of amides is 2. The number of oxime groups is 1. The molecule has 2 aliphatic heterocycles. The summed E-state index contributed by atoms with van der Waals surface area (Å²) in [5.41, 5.74) is 6.43. The van der Waals surface area contributed by atoms with Crippen LogP contribution in [0.5, 0.6) is 0 Å². The number of nitrogens with two attached hydrogens (primary N) is 1. The number of carbonyl (C=O) groups excluding carboxylic acids is 2. The highest BCUT2D eigenvalue weighted by Gasteiger charge is 2.32. The van der Waals surface area contributed by atoms with E-state index in [1.54, 1.807) is 0 Å². The van der Waals surface area contributed by atoms with Crippen LogP contribution in [0.15, 0.2) is 35.5 Å². The number of nitrogens with one attached hydrogen (secondary N) is 1. The zero-order chi connectivity index (χ0) is 16.2. The highest BCUT2D eigenvalue weighted by atomic mass is 16.6. The van der Waals surface area contributed by atoms with Gasteiger partial charge in [0.15, 0.2) is 6.10 Å². The summed E-state index contributed by atoms with van der Waals surface area (Å²) in [6.07, 6.45) is 1.83. The van der Waals surface area contributed by atoms with Crippen LogP contribution in [0.4, 0.5) is 5.69 Å². The fourth-order valence-corrected chi connectivity index (χ4v) is 2.98. The number of benzene rings is 1. The van der Waals surface area contributed by atoms with Crippen molar-refractivity contribution in [3.8, 4) is 0 Å². The Morgan fingerprint density at radius 1 is 1.35 bits per heavy atom. The minimum atomic E-state index is -0.579. The molecule has 0 bridgehead atoms. The van der Waals surface area contributed by atoms with E-state index in [1.165, 1.54) is 0 Å². The Labute approximate surface area is 134 Å². The molecule has 3 N–H and O–H groups in total. The Bertz CT molecular complexity index is 617. The van der Waals surface area contributed by atoms with Gasteiger partial charge in [0, 0.05) is 18.7 Å². The smallest absolute Gasteiger partial charge is 0.266 e. The van der Waals surface area contributed by atoms with Crippen LogP contribution in [0, 0.1) is 0 Å². The van der Waals surface area contributed by atoms with E-state index in [0.717, 1.165) is 25.1 Å². The topological polar surface area (TPSA) is 97.0 Å². The molecule has 3 rings (SSSR count). The largest absolute Gasteiger partial charge is 0.390 e. The molecule has 1 aromatic carbocycles. The van der Waals surface area contributed by atoms with E-state index < -0.39 is 5.91 Å². The van der Waals surface area contributed by atoms with Gasteiger partial charge in [0.25, 0.3) is 5.91 Å². The van der Waals surface area contributed by atoms with Crippen molar-refractivity contribution < 1.29 is 14.4 Å². The van der Waals surface area contributed by atoms with Gasteiger partial charge in [0.05, 0.1) is 6.54 Å². The molecule has 1 aromatic rings. The van der Waals surface area contributed by atoms with Crippen molar-refractivity contribution in [2.75, 3.05) is 18.0 Å². The van der Waals surface area contributed by atoms with E-state index in [-0.39, 0.29) is 23.8 Å². The third-order valence-electron chi connectivity index (χ3n) is 4.16.